The van der Waals surface area contributed by atoms with E-state index in [0.717, 1.165) is 67.3 Å². The second-order valence-electron chi connectivity index (χ2n) is 11.4. The molecule has 2 unspecified atom stereocenters. The molecule has 1 aromatic heterocycles. The first kappa shape index (κ1) is 26.3. The summed E-state index contributed by atoms with van der Waals surface area (Å²) < 4.78 is 0. The maximum absolute atomic E-state index is 13.9. The van der Waals surface area contributed by atoms with E-state index in [0.29, 0.717) is 5.92 Å². The molecule has 6 rings (SSSR count). The number of aromatic nitrogens is 1. The average molecular weight is 535 g/mol. The van der Waals surface area contributed by atoms with E-state index in [-0.39, 0.29) is 23.7 Å². The Morgan fingerprint density at radius 1 is 0.900 bits per heavy atom. The van der Waals surface area contributed by atoms with Crippen LogP contribution in [0.3, 0.4) is 0 Å². The first-order valence-electron chi connectivity index (χ1n) is 14.6. The van der Waals surface area contributed by atoms with Crippen molar-refractivity contribution in [1.29, 1.82) is 0 Å². The Kier molecular flexibility index (Phi) is 7.69. The summed E-state index contributed by atoms with van der Waals surface area (Å²) in [5.41, 5.74) is 6.70. The molecule has 3 aromatic carbocycles. The van der Waals surface area contributed by atoms with E-state index in [2.05, 4.69) is 63.4 Å². The van der Waals surface area contributed by atoms with Gasteiger partial charge in [0, 0.05) is 41.2 Å². The topological polar surface area (TPSA) is 86.0 Å². The molecule has 1 aliphatic carbocycles. The van der Waals surface area contributed by atoms with E-state index < -0.39 is 6.04 Å². The number of amides is 2. The molecular formula is C34H38N4O2. The van der Waals surface area contributed by atoms with Gasteiger partial charge >= 0.3 is 0 Å². The van der Waals surface area contributed by atoms with Gasteiger partial charge in [0.25, 0.3) is 0 Å². The summed E-state index contributed by atoms with van der Waals surface area (Å²) in [4.78, 5) is 30.8. The van der Waals surface area contributed by atoms with Crippen LogP contribution in [-0.2, 0) is 22.6 Å². The maximum atomic E-state index is 13.9. The zero-order valence-electron chi connectivity index (χ0n) is 23.1. The normalized spacial score (nSPS) is 20.3. The smallest absolute Gasteiger partial charge is 0.247 e. The standard InChI is InChI=1S/C34H38N4O2/c1-22(30-21-36-31-10-6-5-9-29(30)31)32(34(40)37-28-16-15-25-17-18-35-20-27(25)19-28)38-33(39)26-13-11-24(12-14-26)23-7-3-2-4-8-23/h2-10,15-16,19,21-22,24,26,32,35-36H,11-14,17-18,20H2,1H3,(H,37,40)(H,38,39). The van der Waals surface area contributed by atoms with Crippen molar-refractivity contribution in [2.75, 3.05) is 11.9 Å². The first-order valence-corrected chi connectivity index (χ1v) is 14.6. The number of para-hydroxylation sites is 1. The summed E-state index contributed by atoms with van der Waals surface area (Å²) >= 11 is 0. The summed E-state index contributed by atoms with van der Waals surface area (Å²) in [5.74, 6) is -0.0193. The van der Waals surface area contributed by atoms with Crippen LogP contribution in [0.5, 0.6) is 0 Å². The number of anilines is 1. The van der Waals surface area contributed by atoms with Crippen LogP contribution in [0.15, 0.2) is 79.0 Å². The highest BCUT2D eigenvalue weighted by atomic mass is 16.2. The van der Waals surface area contributed by atoms with Crippen LogP contribution in [0.1, 0.15) is 66.7 Å². The Hall–Kier alpha value is -3.90. The number of carbonyl (C=O) groups excluding carboxylic acids is 2. The van der Waals surface area contributed by atoms with Crippen molar-refractivity contribution in [2.24, 2.45) is 5.92 Å². The van der Waals surface area contributed by atoms with E-state index in [9.17, 15) is 9.59 Å². The third kappa shape index (κ3) is 5.54. The lowest BCUT2D eigenvalue weighted by Gasteiger charge is -2.31. The quantitative estimate of drug-likeness (QED) is 0.234. The Bertz CT molecular complexity index is 1490. The largest absolute Gasteiger partial charge is 0.361 e. The molecule has 4 N–H and O–H groups in total. The molecule has 206 valence electrons. The summed E-state index contributed by atoms with van der Waals surface area (Å²) in [7, 11) is 0. The van der Waals surface area contributed by atoms with Gasteiger partial charge in [0.15, 0.2) is 0 Å². The Morgan fingerprint density at radius 3 is 2.50 bits per heavy atom. The van der Waals surface area contributed by atoms with Crippen molar-refractivity contribution >= 4 is 28.4 Å². The van der Waals surface area contributed by atoms with Crippen LogP contribution in [0.4, 0.5) is 5.69 Å². The zero-order valence-corrected chi connectivity index (χ0v) is 23.1. The molecule has 0 spiro atoms. The summed E-state index contributed by atoms with van der Waals surface area (Å²) in [6.45, 7) is 3.81. The van der Waals surface area contributed by atoms with E-state index in [1.54, 1.807) is 0 Å². The monoisotopic (exact) mass is 534 g/mol. The van der Waals surface area contributed by atoms with Crippen LogP contribution < -0.4 is 16.0 Å². The fourth-order valence-corrected chi connectivity index (χ4v) is 6.53. The van der Waals surface area contributed by atoms with Crippen LogP contribution in [0, 0.1) is 5.92 Å². The molecule has 6 heteroatoms. The van der Waals surface area contributed by atoms with Crippen LogP contribution in [0.2, 0.25) is 0 Å². The van der Waals surface area contributed by atoms with Gasteiger partial charge in [-0.2, -0.15) is 0 Å². The highest BCUT2D eigenvalue weighted by molar-refractivity contribution is 5.99. The van der Waals surface area contributed by atoms with E-state index >= 15 is 0 Å². The molecule has 40 heavy (non-hydrogen) atoms. The molecule has 2 amide bonds. The molecule has 0 saturated heterocycles. The van der Waals surface area contributed by atoms with E-state index in [1.807, 2.05) is 43.5 Å². The number of benzene rings is 3. The molecule has 2 heterocycles. The third-order valence-electron chi connectivity index (χ3n) is 8.92. The van der Waals surface area contributed by atoms with Crippen LogP contribution >= 0.6 is 0 Å². The Morgan fingerprint density at radius 2 is 1.68 bits per heavy atom. The predicted octanol–water partition coefficient (Wildman–Crippen LogP) is 6.01. The lowest BCUT2D eigenvalue weighted by atomic mass is 9.78. The Labute approximate surface area is 236 Å². The van der Waals surface area contributed by atoms with Gasteiger partial charge in [0.05, 0.1) is 0 Å². The number of hydrogen-bond acceptors (Lipinski definition) is 3. The van der Waals surface area contributed by atoms with Gasteiger partial charge in [-0.25, -0.2) is 0 Å². The molecule has 1 fully saturated rings. The van der Waals surface area contributed by atoms with Gasteiger partial charge in [-0.15, -0.1) is 0 Å². The minimum absolute atomic E-state index is 0.0204. The second-order valence-corrected chi connectivity index (χ2v) is 11.4. The van der Waals surface area contributed by atoms with Gasteiger partial charge in [-0.3, -0.25) is 9.59 Å². The van der Waals surface area contributed by atoms with Gasteiger partial charge in [-0.05, 0) is 85.0 Å². The van der Waals surface area contributed by atoms with Crippen LogP contribution in [0.25, 0.3) is 10.9 Å². The number of fused-ring (bicyclic) bond motifs is 2. The molecule has 6 nitrogen and oxygen atoms in total. The molecule has 0 bridgehead atoms. The van der Waals surface area contributed by atoms with Crippen molar-refractivity contribution in [3.8, 4) is 0 Å². The molecule has 1 saturated carbocycles. The minimum Gasteiger partial charge on any atom is -0.361 e. The Balaban J connectivity index is 1.20. The first-order chi connectivity index (χ1) is 19.6. The average Bonchev–Trinajstić information content (AvgIpc) is 3.44. The number of H-pyrrole nitrogens is 1. The van der Waals surface area contributed by atoms with Crippen molar-refractivity contribution in [3.63, 3.8) is 0 Å². The molecule has 4 aromatic rings. The number of carbonyl (C=O) groups is 2. The number of nitrogens with one attached hydrogen (secondary N) is 4. The molecule has 2 aliphatic rings. The van der Waals surface area contributed by atoms with Gasteiger partial charge in [-0.1, -0.05) is 61.5 Å². The van der Waals surface area contributed by atoms with Crippen molar-refractivity contribution < 1.29 is 9.59 Å². The molecule has 0 radical (unpaired) electrons. The molecule has 1 aliphatic heterocycles. The fourth-order valence-electron chi connectivity index (χ4n) is 6.53. The predicted molar refractivity (Wildman–Crippen MR) is 160 cm³/mol. The SMILES string of the molecule is CC(c1c[nH]c2ccccc12)C(NC(=O)C1CCC(c2ccccc2)CC1)C(=O)Nc1ccc2c(c1)CNCC2. The van der Waals surface area contributed by atoms with Crippen molar-refractivity contribution in [2.45, 2.75) is 63.5 Å². The number of aromatic amines is 1. The molecule has 2 atom stereocenters. The third-order valence-corrected chi connectivity index (χ3v) is 8.92. The van der Waals surface area contributed by atoms with Crippen molar-refractivity contribution in [1.82, 2.24) is 15.6 Å². The maximum Gasteiger partial charge on any atom is 0.247 e. The van der Waals surface area contributed by atoms with Crippen LogP contribution in [-0.4, -0.2) is 29.4 Å². The van der Waals surface area contributed by atoms with Gasteiger partial charge in [0.1, 0.15) is 6.04 Å². The van der Waals surface area contributed by atoms with E-state index in [1.165, 1.54) is 16.7 Å². The zero-order chi connectivity index (χ0) is 27.5. The van der Waals surface area contributed by atoms with Gasteiger partial charge < -0.3 is 20.9 Å². The highest BCUT2D eigenvalue weighted by Gasteiger charge is 2.34. The lowest BCUT2D eigenvalue weighted by Crippen LogP contribution is -2.49. The summed E-state index contributed by atoms with van der Waals surface area (Å²) in [5, 5.41) is 10.8. The highest BCUT2D eigenvalue weighted by Crippen LogP contribution is 2.36. The minimum atomic E-state index is -0.701. The fraction of sp³-hybridized carbons (Fsp3) is 0.353. The summed E-state index contributed by atoms with van der Waals surface area (Å²) in [6.07, 6.45) is 6.60. The summed E-state index contributed by atoms with van der Waals surface area (Å²) in [6, 6.07) is 24.1. The lowest BCUT2D eigenvalue weighted by molar-refractivity contribution is -0.130. The number of rotatable bonds is 7. The number of hydrogen-bond donors (Lipinski definition) is 4. The van der Waals surface area contributed by atoms with Crippen molar-refractivity contribution in [3.05, 3.63) is 101 Å². The van der Waals surface area contributed by atoms with E-state index in [4.69, 9.17) is 0 Å². The van der Waals surface area contributed by atoms with Gasteiger partial charge in [0.2, 0.25) is 11.8 Å². The molecular weight excluding hydrogens is 496 g/mol. The second kappa shape index (κ2) is 11.7.